The first-order valence-electron chi connectivity index (χ1n) is 5.09. The molecule has 14 heavy (non-hydrogen) atoms. The van der Waals surface area contributed by atoms with E-state index in [2.05, 4.69) is 4.98 Å². The topological polar surface area (TPSA) is 38.1 Å². The van der Waals surface area contributed by atoms with Gasteiger partial charge in [-0.3, -0.25) is 0 Å². The normalized spacial score (nSPS) is 12.9. The van der Waals surface area contributed by atoms with Crippen molar-refractivity contribution >= 4 is 0 Å². The van der Waals surface area contributed by atoms with Gasteiger partial charge in [0.15, 0.2) is 0 Å². The summed E-state index contributed by atoms with van der Waals surface area (Å²) in [5, 5.41) is 10.6. The molecule has 0 aliphatic carbocycles. The molecule has 1 N–H and O–H groups in total. The number of hydrogen-bond acceptors (Lipinski definition) is 2. The van der Waals surface area contributed by atoms with Crippen LogP contribution in [0.25, 0.3) is 0 Å². The highest BCUT2D eigenvalue weighted by atomic mass is 16.3. The molecular weight excluding hydrogens is 176 g/mol. The van der Waals surface area contributed by atoms with Crippen LogP contribution in [-0.2, 0) is 12.6 Å². The first kappa shape index (κ1) is 11.2. The van der Waals surface area contributed by atoms with Crippen molar-refractivity contribution in [1.29, 1.82) is 0 Å². The lowest BCUT2D eigenvalue weighted by molar-refractivity contribution is -0.0590. The molecule has 0 amide bonds. The van der Waals surface area contributed by atoms with E-state index in [1.807, 2.05) is 39.3 Å². The van der Waals surface area contributed by atoms with E-state index in [9.17, 15) is 5.11 Å². The molecule has 0 aromatic carbocycles. The number of aliphatic hydroxyl groups is 1. The maximum absolute atomic E-state index is 10.6. The summed E-state index contributed by atoms with van der Waals surface area (Å²) in [4.78, 5) is 4.06. The number of aryl methyl sites for hydroxylation is 1. The first-order chi connectivity index (χ1) is 6.40. The quantitative estimate of drug-likeness (QED) is 0.802. The molecule has 0 bridgehead atoms. The Morgan fingerprint density at radius 3 is 2.07 bits per heavy atom. The zero-order chi connectivity index (χ0) is 10.9. The Bertz CT molecular complexity index is 294. The fourth-order valence-corrected chi connectivity index (χ4v) is 2.00. The van der Waals surface area contributed by atoms with Gasteiger partial charge in [0.05, 0.1) is 18.2 Å². The summed E-state index contributed by atoms with van der Waals surface area (Å²) in [6, 6.07) is 0. The Hall–Kier alpha value is -0.830. The van der Waals surface area contributed by atoms with Crippen molar-refractivity contribution in [2.45, 2.75) is 33.3 Å². The molecule has 0 unspecified atom stereocenters. The van der Waals surface area contributed by atoms with E-state index < -0.39 is 5.60 Å². The fraction of sp³-hybridized carbons (Fsp3) is 0.727. The lowest BCUT2D eigenvalue weighted by atomic mass is 9.78. The Morgan fingerprint density at radius 2 is 1.79 bits per heavy atom. The summed E-state index contributed by atoms with van der Waals surface area (Å²) in [6.45, 7) is 8.14. The second-order valence-corrected chi connectivity index (χ2v) is 4.52. The molecule has 0 saturated carbocycles. The van der Waals surface area contributed by atoms with Crippen LogP contribution in [0, 0.1) is 11.8 Å². The SMILES string of the molecule is CC(C)C(O)(c1cncn1C)C(C)C. The van der Waals surface area contributed by atoms with Gasteiger partial charge >= 0.3 is 0 Å². The highest BCUT2D eigenvalue weighted by molar-refractivity contribution is 5.12. The summed E-state index contributed by atoms with van der Waals surface area (Å²) < 4.78 is 1.89. The number of hydrogen-bond donors (Lipinski definition) is 1. The Balaban J connectivity index is 3.19. The van der Waals surface area contributed by atoms with Gasteiger partial charge in [-0.05, 0) is 11.8 Å². The fourth-order valence-electron chi connectivity index (χ4n) is 2.00. The van der Waals surface area contributed by atoms with E-state index in [1.54, 1.807) is 12.5 Å². The monoisotopic (exact) mass is 196 g/mol. The highest BCUT2D eigenvalue weighted by Crippen LogP contribution is 2.35. The third-order valence-electron chi connectivity index (χ3n) is 2.99. The summed E-state index contributed by atoms with van der Waals surface area (Å²) in [5.41, 5.74) is 0.105. The molecule has 0 aliphatic rings. The van der Waals surface area contributed by atoms with Crippen LogP contribution >= 0.6 is 0 Å². The van der Waals surface area contributed by atoms with E-state index >= 15 is 0 Å². The van der Waals surface area contributed by atoms with Gasteiger partial charge in [0.25, 0.3) is 0 Å². The predicted octanol–water partition coefficient (Wildman–Crippen LogP) is 1.92. The van der Waals surface area contributed by atoms with Crippen molar-refractivity contribution in [3.8, 4) is 0 Å². The minimum absolute atomic E-state index is 0.179. The largest absolute Gasteiger partial charge is 0.383 e. The minimum Gasteiger partial charge on any atom is -0.383 e. The van der Waals surface area contributed by atoms with Gasteiger partial charge in [-0.25, -0.2) is 4.98 Å². The van der Waals surface area contributed by atoms with Gasteiger partial charge in [0, 0.05) is 7.05 Å². The summed E-state index contributed by atoms with van der Waals surface area (Å²) in [5.74, 6) is 0.357. The number of aromatic nitrogens is 2. The average Bonchev–Trinajstić information content (AvgIpc) is 2.49. The molecule has 0 aliphatic heterocycles. The minimum atomic E-state index is -0.786. The van der Waals surface area contributed by atoms with Crippen molar-refractivity contribution < 1.29 is 5.11 Å². The number of nitrogens with zero attached hydrogens (tertiary/aromatic N) is 2. The van der Waals surface area contributed by atoms with E-state index in [0.29, 0.717) is 0 Å². The van der Waals surface area contributed by atoms with Crippen molar-refractivity contribution in [3.63, 3.8) is 0 Å². The van der Waals surface area contributed by atoms with E-state index in [0.717, 1.165) is 5.69 Å². The molecule has 0 radical (unpaired) electrons. The summed E-state index contributed by atoms with van der Waals surface area (Å²) >= 11 is 0. The van der Waals surface area contributed by atoms with E-state index in [4.69, 9.17) is 0 Å². The third kappa shape index (κ3) is 1.57. The summed E-state index contributed by atoms with van der Waals surface area (Å²) in [7, 11) is 1.91. The van der Waals surface area contributed by atoms with E-state index in [-0.39, 0.29) is 11.8 Å². The van der Waals surface area contributed by atoms with Crippen molar-refractivity contribution in [2.24, 2.45) is 18.9 Å². The lowest BCUT2D eigenvalue weighted by Gasteiger charge is -2.36. The standard InChI is InChI=1S/C11H20N2O/c1-8(2)11(14,9(3)4)10-6-12-7-13(10)5/h6-9,14H,1-5H3. The molecule has 0 fully saturated rings. The van der Waals surface area contributed by atoms with Crippen LogP contribution in [-0.4, -0.2) is 14.7 Å². The zero-order valence-electron chi connectivity index (χ0n) is 9.65. The molecule has 0 spiro atoms. The molecule has 1 heterocycles. The lowest BCUT2D eigenvalue weighted by Crippen LogP contribution is -2.39. The van der Waals surface area contributed by atoms with Gasteiger partial charge in [-0.15, -0.1) is 0 Å². The molecular formula is C11H20N2O. The first-order valence-corrected chi connectivity index (χ1v) is 5.09. The van der Waals surface area contributed by atoms with E-state index in [1.165, 1.54) is 0 Å². The van der Waals surface area contributed by atoms with Crippen LogP contribution in [0.1, 0.15) is 33.4 Å². The highest BCUT2D eigenvalue weighted by Gasteiger charge is 2.38. The van der Waals surface area contributed by atoms with Gasteiger partial charge in [0.1, 0.15) is 5.60 Å². The Kier molecular flexibility index (Phi) is 3.00. The molecule has 0 atom stereocenters. The van der Waals surface area contributed by atoms with Gasteiger partial charge in [-0.2, -0.15) is 0 Å². The molecule has 0 saturated heterocycles. The van der Waals surface area contributed by atoms with Crippen LogP contribution in [0.2, 0.25) is 0 Å². The molecule has 1 rings (SSSR count). The Labute approximate surface area is 85.8 Å². The molecule has 3 nitrogen and oxygen atoms in total. The van der Waals surface area contributed by atoms with Crippen LogP contribution in [0.15, 0.2) is 12.5 Å². The second-order valence-electron chi connectivity index (χ2n) is 4.52. The maximum Gasteiger partial charge on any atom is 0.111 e. The van der Waals surface area contributed by atoms with Gasteiger partial charge in [0.2, 0.25) is 0 Å². The molecule has 3 heteroatoms. The van der Waals surface area contributed by atoms with Gasteiger partial charge < -0.3 is 9.67 Å². The number of imidazole rings is 1. The smallest absolute Gasteiger partial charge is 0.111 e. The van der Waals surface area contributed by atoms with Crippen LogP contribution < -0.4 is 0 Å². The van der Waals surface area contributed by atoms with Crippen LogP contribution in [0.4, 0.5) is 0 Å². The second kappa shape index (κ2) is 3.73. The molecule has 1 aromatic rings. The predicted molar refractivity (Wildman–Crippen MR) is 56.8 cm³/mol. The Morgan fingerprint density at radius 1 is 1.29 bits per heavy atom. The van der Waals surface area contributed by atoms with Crippen molar-refractivity contribution in [1.82, 2.24) is 9.55 Å². The zero-order valence-corrected chi connectivity index (χ0v) is 9.65. The molecule has 1 aromatic heterocycles. The van der Waals surface area contributed by atoms with Crippen molar-refractivity contribution in [2.75, 3.05) is 0 Å². The third-order valence-corrected chi connectivity index (χ3v) is 2.99. The van der Waals surface area contributed by atoms with Gasteiger partial charge in [-0.1, -0.05) is 27.7 Å². The molecule has 80 valence electrons. The van der Waals surface area contributed by atoms with Crippen LogP contribution in [0.3, 0.4) is 0 Å². The maximum atomic E-state index is 10.6. The van der Waals surface area contributed by atoms with Crippen LogP contribution in [0.5, 0.6) is 0 Å². The summed E-state index contributed by atoms with van der Waals surface area (Å²) in [6.07, 6.45) is 3.48. The van der Waals surface area contributed by atoms with Crippen molar-refractivity contribution in [3.05, 3.63) is 18.2 Å². The average molecular weight is 196 g/mol. The number of rotatable bonds is 3.